The third-order valence-corrected chi connectivity index (χ3v) is 1.92. The lowest BCUT2D eigenvalue weighted by Gasteiger charge is -2.01. The summed E-state index contributed by atoms with van der Waals surface area (Å²) in [6.45, 7) is 3.47. The Morgan fingerprint density at radius 3 is 3.15 bits per heavy atom. The van der Waals surface area contributed by atoms with Crippen molar-refractivity contribution in [3.05, 3.63) is 11.1 Å². The maximum Gasteiger partial charge on any atom is 0.233 e. The highest BCUT2D eigenvalue weighted by molar-refractivity contribution is 7.03. The Balaban J connectivity index is 2.11. The van der Waals surface area contributed by atoms with Crippen LogP contribution in [0.4, 0.5) is 0 Å². The summed E-state index contributed by atoms with van der Waals surface area (Å²) in [5.74, 6) is 0.00527. The summed E-state index contributed by atoms with van der Waals surface area (Å²) in [5, 5.41) is 11.3. The Bertz CT molecular complexity index is 249. The zero-order valence-electron chi connectivity index (χ0n) is 7.41. The molecule has 72 valence electrons. The molecule has 6 heteroatoms. The van der Waals surface area contributed by atoms with Crippen LogP contribution in [0.15, 0.2) is 5.38 Å². The highest BCUT2D eigenvalue weighted by Gasteiger charge is 1.99. The maximum absolute atomic E-state index is 11.0. The van der Waals surface area contributed by atoms with Crippen LogP contribution in [0.25, 0.3) is 0 Å². The molecule has 0 aliphatic heterocycles. The van der Waals surface area contributed by atoms with Gasteiger partial charge >= 0.3 is 0 Å². The quantitative estimate of drug-likeness (QED) is 0.688. The Hall–Kier alpha value is -1.01. The highest BCUT2D eigenvalue weighted by Crippen LogP contribution is 1.94. The van der Waals surface area contributed by atoms with E-state index in [0.29, 0.717) is 19.6 Å². The van der Waals surface area contributed by atoms with Gasteiger partial charge in [-0.3, -0.25) is 4.79 Å². The maximum atomic E-state index is 11.0. The molecule has 0 bridgehead atoms. The summed E-state index contributed by atoms with van der Waals surface area (Å²) in [5.41, 5.74) is 0.870. The van der Waals surface area contributed by atoms with Crippen LogP contribution >= 0.6 is 11.5 Å². The molecule has 0 saturated heterocycles. The minimum atomic E-state index is 0.00527. The van der Waals surface area contributed by atoms with Crippen molar-refractivity contribution < 1.29 is 4.79 Å². The molecule has 13 heavy (non-hydrogen) atoms. The number of rotatable bonds is 5. The van der Waals surface area contributed by atoms with Gasteiger partial charge in [0.15, 0.2) is 0 Å². The van der Waals surface area contributed by atoms with Gasteiger partial charge in [-0.05, 0) is 18.5 Å². The Morgan fingerprint density at radius 2 is 2.54 bits per heavy atom. The molecule has 2 N–H and O–H groups in total. The number of aromatic nitrogens is 2. The summed E-state index contributed by atoms with van der Waals surface area (Å²) in [4.78, 5) is 11.0. The van der Waals surface area contributed by atoms with Gasteiger partial charge in [0.25, 0.3) is 0 Å². The van der Waals surface area contributed by atoms with E-state index in [4.69, 9.17) is 0 Å². The molecule has 0 unspecified atom stereocenters. The molecule has 1 heterocycles. The second-order valence-electron chi connectivity index (χ2n) is 2.45. The largest absolute Gasteiger partial charge is 0.355 e. The van der Waals surface area contributed by atoms with Crippen molar-refractivity contribution in [3.63, 3.8) is 0 Å². The van der Waals surface area contributed by atoms with Crippen molar-refractivity contribution in [2.75, 3.05) is 13.1 Å². The van der Waals surface area contributed by atoms with Gasteiger partial charge in [0.1, 0.15) is 0 Å². The Morgan fingerprint density at radius 1 is 1.69 bits per heavy atom. The zero-order valence-corrected chi connectivity index (χ0v) is 8.23. The van der Waals surface area contributed by atoms with Crippen molar-refractivity contribution in [1.29, 1.82) is 0 Å². The van der Waals surface area contributed by atoms with Gasteiger partial charge in [-0.15, -0.1) is 5.10 Å². The number of hydrogen-bond acceptors (Lipinski definition) is 5. The molecular formula is C7H12N4OS. The molecule has 0 fully saturated rings. The first-order valence-electron chi connectivity index (χ1n) is 4.06. The van der Waals surface area contributed by atoms with Crippen LogP contribution in [-0.2, 0) is 11.3 Å². The van der Waals surface area contributed by atoms with E-state index < -0.39 is 0 Å². The first-order chi connectivity index (χ1) is 6.33. The number of carbonyl (C=O) groups is 1. The summed E-state index contributed by atoms with van der Waals surface area (Å²) in [7, 11) is 0. The summed E-state index contributed by atoms with van der Waals surface area (Å²) < 4.78 is 3.71. The summed E-state index contributed by atoms with van der Waals surface area (Å²) >= 11 is 1.31. The van der Waals surface area contributed by atoms with Gasteiger partial charge in [0.2, 0.25) is 5.91 Å². The molecule has 1 amide bonds. The molecular weight excluding hydrogens is 188 g/mol. The van der Waals surface area contributed by atoms with Crippen molar-refractivity contribution in [2.45, 2.75) is 13.5 Å². The first-order valence-corrected chi connectivity index (χ1v) is 4.90. The number of hydrogen-bond donors (Lipinski definition) is 2. The van der Waals surface area contributed by atoms with Gasteiger partial charge in [-0.25, -0.2) is 0 Å². The smallest absolute Gasteiger partial charge is 0.233 e. The Kier molecular flexibility index (Phi) is 4.34. The van der Waals surface area contributed by atoms with E-state index in [1.165, 1.54) is 11.5 Å². The average molecular weight is 200 g/mol. The molecule has 0 aliphatic rings. The fourth-order valence-corrected chi connectivity index (χ4v) is 1.28. The molecule has 0 atom stereocenters. The van der Waals surface area contributed by atoms with Crippen molar-refractivity contribution in [1.82, 2.24) is 20.2 Å². The average Bonchev–Trinajstić information content (AvgIpc) is 2.57. The van der Waals surface area contributed by atoms with Crippen LogP contribution in [0.5, 0.6) is 0 Å². The van der Waals surface area contributed by atoms with Crippen LogP contribution in [0.1, 0.15) is 12.6 Å². The first kappa shape index (κ1) is 10.1. The second-order valence-corrected chi connectivity index (χ2v) is 3.06. The molecule has 0 aliphatic carbocycles. The van der Waals surface area contributed by atoms with E-state index in [1.54, 1.807) is 0 Å². The van der Waals surface area contributed by atoms with E-state index in [2.05, 4.69) is 20.2 Å². The van der Waals surface area contributed by atoms with Crippen LogP contribution < -0.4 is 10.6 Å². The van der Waals surface area contributed by atoms with Crippen molar-refractivity contribution >= 4 is 17.4 Å². The van der Waals surface area contributed by atoms with Crippen LogP contribution in [-0.4, -0.2) is 28.6 Å². The lowest BCUT2D eigenvalue weighted by atomic mass is 10.4. The van der Waals surface area contributed by atoms with Gasteiger partial charge < -0.3 is 10.6 Å². The topological polar surface area (TPSA) is 66.9 Å². The van der Waals surface area contributed by atoms with Gasteiger partial charge in [0.05, 0.1) is 12.2 Å². The molecule has 1 aromatic heterocycles. The minimum Gasteiger partial charge on any atom is -0.355 e. The van der Waals surface area contributed by atoms with Crippen molar-refractivity contribution in [2.24, 2.45) is 0 Å². The SMILES string of the molecule is CCNC(=O)CNCc1csnn1. The van der Waals surface area contributed by atoms with E-state index in [1.807, 2.05) is 12.3 Å². The number of nitrogens with one attached hydrogen (secondary N) is 2. The molecule has 5 nitrogen and oxygen atoms in total. The van der Waals surface area contributed by atoms with Gasteiger partial charge in [-0.1, -0.05) is 4.49 Å². The molecule has 1 aromatic rings. The standard InChI is InChI=1S/C7H12N4OS/c1-2-9-7(12)4-8-3-6-5-13-11-10-6/h5,8H,2-4H2,1H3,(H,9,12). The number of amides is 1. The number of carbonyl (C=O) groups excluding carboxylic acids is 1. The predicted octanol–water partition coefficient (Wildman–Crippen LogP) is -0.236. The minimum absolute atomic E-state index is 0.00527. The van der Waals surface area contributed by atoms with Gasteiger partial charge in [0, 0.05) is 18.5 Å². The fourth-order valence-electron chi connectivity index (χ4n) is 0.825. The normalized spacial score (nSPS) is 9.92. The highest BCUT2D eigenvalue weighted by atomic mass is 32.1. The molecule has 0 radical (unpaired) electrons. The van der Waals surface area contributed by atoms with E-state index in [0.717, 1.165) is 5.69 Å². The molecule has 0 spiro atoms. The van der Waals surface area contributed by atoms with Gasteiger partial charge in [-0.2, -0.15) is 0 Å². The number of nitrogens with zero attached hydrogens (tertiary/aromatic N) is 2. The summed E-state index contributed by atoms with van der Waals surface area (Å²) in [6.07, 6.45) is 0. The van der Waals surface area contributed by atoms with E-state index >= 15 is 0 Å². The van der Waals surface area contributed by atoms with Crippen LogP contribution in [0.3, 0.4) is 0 Å². The fraction of sp³-hybridized carbons (Fsp3) is 0.571. The third-order valence-electron chi connectivity index (χ3n) is 1.37. The second kappa shape index (κ2) is 5.60. The zero-order chi connectivity index (χ0) is 9.52. The molecule has 0 aromatic carbocycles. The summed E-state index contributed by atoms with van der Waals surface area (Å²) in [6, 6.07) is 0. The monoisotopic (exact) mass is 200 g/mol. The lowest BCUT2D eigenvalue weighted by molar-refractivity contribution is -0.120. The Labute approximate surface area is 80.7 Å². The molecule has 0 saturated carbocycles. The van der Waals surface area contributed by atoms with E-state index in [9.17, 15) is 4.79 Å². The van der Waals surface area contributed by atoms with Crippen LogP contribution in [0, 0.1) is 0 Å². The predicted molar refractivity (Wildman–Crippen MR) is 50.3 cm³/mol. The molecule has 1 rings (SSSR count). The van der Waals surface area contributed by atoms with Crippen molar-refractivity contribution in [3.8, 4) is 0 Å². The van der Waals surface area contributed by atoms with Crippen LogP contribution in [0.2, 0.25) is 0 Å². The third kappa shape index (κ3) is 3.95. The number of likely N-dealkylation sites (N-methyl/N-ethyl adjacent to an activating group) is 1. The lowest BCUT2D eigenvalue weighted by Crippen LogP contribution is -2.33. The van der Waals surface area contributed by atoms with E-state index in [-0.39, 0.29) is 5.91 Å².